The molecule has 0 bridgehead atoms. The number of hydrogen-bond donors (Lipinski definition) is 1. The molecular weight excluding hydrogens is 615 g/mol. The number of para-hydroxylation sites is 1. The Hall–Kier alpha value is -4.75. The van der Waals surface area contributed by atoms with Gasteiger partial charge in [-0.3, -0.25) is 4.79 Å². The number of pyridine rings is 1. The number of nitrogens with zero attached hydrogens (tertiary/aromatic N) is 3. The van der Waals surface area contributed by atoms with E-state index in [9.17, 15) is 10.1 Å². The van der Waals surface area contributed by atoms with Crippen molar-refractivity contribution in [1.82, 2.24) is 10.4 Å². The molecular formula is C32H23IN4O3. The average Bonchev–Trinajstić information content (AvgIpc) is 3.00. The van der Waals surface area contributed by atoms with E-state index in [4.69, 9.17) is 14.5 Å². The molecule has 0 spiro atoms. The van der Waals surface area contributed by atoms with Crippen LogP contribution in [0.2, 0.25) is 0 Å². The van der Waals surface area contributed by atoms with Gasteiger partial charge in [0, 0.05) is 25.6 Å². The van der Waals surface area contributed by atoms with Gasteiger partial charge in [-0.15, -0.1) is 0 Å². The van der Waals surface area contributed by atoms with E-state index in [1.165, 1.54) is 6.21 Å². The summed E-state index contributed by atoms with van der Waals surface area (Å²) in [7, 11) is 1.56. The quantitative estimate of drug-likeness (QED) is 0.116. The lowest BCUT2D eigenvalue weighted by molar-refractivity contribution is 0.0956. The van der Waals surface area contributed by atoms with Crippen molar-refractivity contribution in [1.29, 1.82) is 5.26 Å². The predicted molar refractivity (Wildman–Crippen MR) is 163 cm³/mol. The molecule has 0 aliphatic carbocycles. The molecule has 0 unspecified atom stereocenters. The third-order valence-electron chi connectivity index (χ3n) is 6.18. The molecule has 0 fully saturated rings. The third kappa shape index (κ3) is 5.95. The Balaban J connectivity index is 1.43. The first kappa shape index (κ1) is 26.8. The van der Waals surface area contributed by atoms with Crippen LogP contribution in [0.4, 0.5) is 0 Å². The van der Waals surface area contributed by atoms with E-state index >= 15 is 0 Å². The van der Waals surface area contributed by atoms with Crippen molar-refractivity contribution in [3.8, 4) is 28.8 Å². The van der Waals surface area contributed by atoms with E-state index in [2.05, 4.69) is 39.2 Å². The molecule has 4 aromatic carbocycles. The summed E-state index contributed by atoms with van der Waals surface area (Å²) in [5.74, 6) is 0.603. The van der Waals surface area contributed by atoms with E-state index in [-0.39, 0.29) is 12.5 Å². The summed E-state index contributed by atoms with van der Waals surface area (Å²) in [6.45, 7) is 0.166. The first-order valence-corrected chi connectivity index (χ1v) is 13.4. The highest BCUT2D eigenvalue weighted by Gasteiger charge is 2.15. The summed E-state index contributed by atoms with van der Waals surface area (Å²) < 4.78 is 12.6. The highest BCUT2D eigenvalue weighted by Crippen LogP contribution is 2.33. The minimum atomic E-state index is -0.366. The Morgan fingerprint density at radius 2 is 1.77 bits per heavy atom. The molecule has 1 N–H and O–H groups in total. The summed E-state index contributed by atoms with van der Waals surface area (Å²) in [5.41, 5.74) is 7.35. The number of nitriles is 1. The molecule has 196 valence electrons. The second kappa shape index (κ2) is 12.4. The number of hydrazone groups is 1. The number of rotatable bonds is 8. The molecule has 0 saturated heterocycles. The second-order valence-electron chi connectivity index (χ2n) is 8.72. The Morgan fingerprint density at radius 3 is 2.58 bits per heavy atom. The van der Waals surface area contributed by atoms with Gasteiger partial charge in [0.1, 0.15) is 6.61 Å². The summed E-state index contributed by atoms with van der Waals surface area (Å²) in [5, 5.41) is 14.4. The minimum Gasteiger partial charge on any atom is -0.493 e. The van der Waals surface area contributed by atoms with Crippen molar-refractivity contribution in [2.45, 2.75) is 6.61 Å². The smallest absolute Gasteiger partial charge is 0.272 e. The van der Waals surface area contributed by atoms with Crippen LogP contribution in [0.25, 0.3) is 22.2 Å². The lowest BCUT2D eigenvalue weighted by atomic mass is 10.0. The fourth-order valence-corrected chi connectivity index (χ4v) is 4.86. The van der Waals surface area contributed by atoms with Crippen LogP contribution in [-0.2, 0) is 6.61 Å². The number of aromatic nitrogens is 1. The Labute approximate surface area is 245 Å². The number of ether oxygens (including phenoxy) is 2. The van der Waals surface area contributed by atoms with Gasteiger partial charge >= 0.3 is 0 Å². The summed E-state index contributed by atoms with van der Waals surface area (Å²) in [6.07, 6.45) is 1.52. The van der Waals surface area contributed by atoms with Gasteiger partial charge in [-0.05, 0) is 52.9 Å². The average molecular weight is 638 g/mol. The summed E-state index contributed by atoms with van der Waals surface area (Å²) in [4.78, 5) is 18.1. The molecule has 5 aromatic rings. The monoisotopic (exact) mass is 638 g/mol. The molecule has 7 nitrogen and oxygen atoms in total. The van der Waals surface area contributed by atoms with Crippen molar-refractivity contribution < 1.29 is 14.3 Å². The Kier molecular flexibility index (Phi) is 8.32. The number of amides is 1. The van der Waals surface area contributed by atoms with Crippen LogP contribution in [-0.4, -0.2) is 24.2 Å². The van der Waals surface area contributed by atoms with Crippen LogP contribution in [0.3, 0.4) is 0 Å². The van der Waals surface area contributed by atoms with Crippen molar-refractivity contribution in [2.75, 3.05) is 7.11 Å². The molecule has 1 aromatic heterocycles. The van der Waals surface area contributed by atoms with Gasteiger partial charge in [-0.25, -0.2) is 10.4 Å². The van der Waals surface area contributed by atoms with Gasteiger partial charge in [0.25, 0.3) is 5.91 Å². The van der Waals surface area contributed by atoms with Gasteiger partial charge in [-0.2, -0.15) is 10.4 Å². The largest absolute Gasteiger partial charge is 0.493 e. The minimum absolute atomic E-state index is 0.166. The topological polar surface area (TPSA) is 96.6 Å². The second-order valence-corrected chi connectivity index (χ2v) is 9.97. The molecule has 0 saturated carbocycles. The van der Waals surface area contributed by atoms with Crippen molar-refractivity contribution in [2.24, 2.45) is 5.10 Å². The maximum atomic E-state index is 13.3. The SMILES string of the molecule is COc1cc(I)cc(/C=N\NC(=O)c2cc(-c3ccccc3)nc3ccccc23)c1OCc1ccccc1C#N. The lowest BCUT2D eigenvalue weighted by Gasteiger charge is -2.14. The van der Waals surface area contributed by atoms with Gasteiger partial charge in [-0.1, -0.05) is 66.7 Å². The van der Waals surface area contributed by atoms with E-state index in [0.29, 0.717) is 39.4 Å². The number of halogens is 1. The van der Waals surface area contributed by atoms with Crippen LogP contribution in [0.1, 0.15) is 27.0 Å². The van der Waals surface area contributed by atoms with E-state index in [0.717, 1.165) is 20.1 Å². The molecule has 1 amide bonds. The zero-order valence-corrected chi connectivity index (χ0v) is 23.6. The highest BCUT2D eigenvalue weighted by atomic mass is 127. The number of carbonyl (C=O) groups excluding carboxylic acids is 1. The normalized spacial score (nSPS) is 10.8. The van der Waals surface area contributed by atoms with Crippen LogP contribution >= 0.6 is 22.6 Å². The van der Waals surface area contributed by atoms with Crippen LogP contribution in [0.15, 0.2) is 102 Å². The van der Waals surface area contributed by atoms with E-state index in [1.54, 1.807) is 19.2 Å². The standard InChI is InChI=1S/C32H23IN4O3/c1-39-30-16-25(33)15-24(31(30)40-20-23-12-6-5-11-22(23)18-34)19-35-37-32(38)27-17-29(21-9-3-2-4-10-21)36-28-14-8-7-13-26(27)28/h2-17,19H,20H2,1H3,(H,37,38)/b35-19-. The molecule has 1 heterocycles. The maximum absolute atomic E-state index is 13.3. The van der Waals surface area contributed by atoms with Crippen molar-refractivity contribution in [3.05, 3.63) is 123 Å². The summed E-state index contributed by atoms with van der Waals surface area (Å²) >= 11 is 2.18. The first-order chi connectivity index (χ1) is 19.6. The van der Waals surface area contributed by atoms with Crippen LogP contribution in [0, 0.1) is 14.9 Å². The number of hydrogen-bond acceptors (Lipinski definition) is 6. The molecule has 5 rings (SSSR count). The zero-order chi connectivity index (χ0) is 27.9. The predicted octanol–water partition coefficient (Wildman–Crippen LogP) is 6.73. The van der Waals surface area contributed by atoms with Gasteiger partial charge in [0.15, 0.2) is 11.5 Å². The molecule has 8 heteroatoms. The Bertz CT molecular complexity index is 1760. The number of methoxy groups -OCH3 is 1. The number of nitrogens with one attached hydrogen (secondary N) is 1. The number of fused-ring (bicyclic) bond motifs is 1. The highest BCUT2D eigenvalue weighted by molar-refractivity contribution is 14.1. The number of benzene rings is 4. The van der Waals surface area contributed by atoms with E-state index in [1.807, 2.05) is 84.9 Å². The van der Waals surface area contributed by atoms with Crippen molar-refractivity contribution >= 4 is 45.6 Å². The lowest BCUT2D eigenvalue weighted by Crippen LogP contribution is -2.18. The third-order valence-corrected chi connectivity index (χ3v) is 6.80. The molecule has 0 atom stereocenters. The summed E-state index contributed by atoms with van der Waals surface area (Å²) in [6, 6.07) is 32.2. The molecule has 0 radical (unpaired) electrons. The fraction of sp³-hybridized carbons (Fsp3) is 0.0625. The Morgan fingerprint density at radius 1 is 1.02 bits per heavy atom. The van der Waals surface area contributed by atoms with Gasteiger partial charge in [0.05, 0.1) is 41.7 Å². The van der Waals surface area contributed by atoms with Gasteiger partial charge in [0.2, 0.25) is 0 Å². The molecule has 40 heavy (non-hydrogen) atoms. The van der Waals surface area contributed by atoms with Crippen LogP contribution in [0.5, 0.6) is 11.5 Å². The van der Waals surface area contributed by atoms with Crippen molar-refractivity contribution in [3.63, 3.8) is 0 Å². The number of carbonyl (C=O) groups is 1. The zero-order valence-electron chi connectivity index (χ0n) is 21.5. The van der Waals surface area contributed by atoms with E-state index < -0.39 is 0 Å². The first-order valence-electron chi connectivity index (χ1n) is 12.3. The molecule has 0 aliphatic rings. The maximum Gasteiger partial charge on any atom is 0.272 e. The fourth-order valence-electron chi connectivity index (χ4n) is 4.24. The van der Waals surface area contributed by atoms with Crippen LogP contribution < -0.4 is 14.9 Å². The molecule has 0 aliphatic heterocycles. The van der Waals surface area contributed by atoms with Gasteiger partial charge < -0.3 is 9.47 Å².